The number of sulfonamides is 1. The molecule has 1 atom stereocenters. The van der Waals surface area contributed by atoms with E-state index in [1.807, 2.05) is 0 Å². The summed E-state index contributed by atoms with van der Waals surface area (Å²) in [7, 11) is -3.87. The highest BCUT2D eigenvalue weighted by Gasteiger charge is 2.67. The molecule has 0 radical (unpaired) electrons. The van der Waals surface area contributed by atoms with Gasteiger partial charge < -0.3 is 5.11 Å². The minimum atomic E-state index is -3.87. The lowest BCUT2D eigenvalue weighted by Crippen LogP contribution is -2.75. The highest BCUT2D eigenvalue weighted by atomic mass is 32.2. The predicted molar refractivity (Wildman–Crippen MR) is 60.8 cm³/mol. The Labute approximate surface area is 101 Å². The lowest BCUT2D eigenvalue weighted by atomic mass is 9.95. The van der Waals surface area contributed by atoms with Crippen molar-refractivity contribution in [2.75, 3.05) is 0 Å². The van der Waals surface area contributed by atoms with Crippen LogP contribution < -0.4 is 0 Å². The lowest BCUT2D eigenvalue weighted by molar-refractivity contribution is -0.156. The molecule has 0 saturated carbocycles. The molecule has 0 bridgehead atoms. The molecule has 0 aromatic rings. The van der Waals surface area contributed by atoms with Crippen molar-refractivity contribution in [3.8, 4) is 0 Å². The van der Waals surface area contributed by atoms with Crippen molar-refractivity contribution in [3.63, 3.8) is 0 Å². The summed E-state index contributed by atoms with van der Waals surface area (Å²) in [6, 6.07) is 0. The van der Waals surface area contributed by atoms with E-state index >= 15 is 0 Å². The number of carbonyl (C=O) groups excluding carboxylic acids is 1. The SMILES string of the molecule is CCCC(C)(C(=O)O)N1C(=O)C(C)(C)S1(=O)=O. The third-order valence-corrected chi connectivity index (χ3v) is 5.74. The first kappa shape index (κ1) is 14.0. The molecule has 1 saturated heterocycles. The van der Waals surface area contributed by atoms with Crippen molar-refractivity contribution >= 4 is 21.9 Å². The molecule has 17 heavy (non-hydrogen) atoms. The third-order valence-electron chi connectivity index (χ3n) is 3.23. The summed E-state index contributed by atoms with van der Waals surface area (Å²) >= 11 is 0. The van der Waals surface area contributed by atoms with Gasteiger partial charge in [0.25, 0.3) is 15.9 Å². The second-order valence-corrected chi connectivity index (χ2v) is 7.25. The first-order valence-electron chi connectivity index (χ1n) is 5.36. The Kier molecular flexibility index (Phi) is 3.03. The lowest BCUT2D eigenvalue weighted by Gasteiger charge is -2.50. The topological polar surface area (TPSA) is 91.8 Å². The van der Waals surface area contributed by atoms with Crippen LogP contribution in [0.5, 0.6) is 0 Å². The van der Waals surface area contributed by atoms with Gasteiger partial charge >= 0.3 is 5.97 Å². The molecule has 1 fully saturated rings. The quantitative estimate of drug-likeness (QED) is 0.801. The van der Waals surface area contributed by atoms with Crippen LogP contribution in [-0.4, -0.2) is 40.0 Å². The van der Waals surface area contributed by atoms with Gasteiger partial charge in [-0.3, -0.25) is 4.79 Å². The van der Waals surface area contributed by atoms with Crippen molar-refractivity contribution in [1.29, 1.82) is 0 Å². The molecule has 1 aliphatic heterocycles. The van der Waals surface area contributed by atoms with Gasteiger partial charge in [-0.1, -0.05) is 13.3 Å². The second kappa shape index (κ2) is 3.69. The van der Waals surface area contributed by atoms with Crippen molar-refractivity contribution in [2.45, 2.75) is 50.8 Å². The third kappa shape index (κ3) is 1.55. The van der Waals surface area contributed by atoms with E-state index in [4.69, 9.17) is 5.11 Å². The summed E-state index contributed by atoms with van der Waals surface area (Å²) in [6.45, 7) is 5.58. The fourth-order valence-corrected chi connectivity index (χ4v) is 3.71. The number of hydrogen-bond donors (Lipinski definition) is 1. The van der Waals surface area contributed by atoms with Gasteiger partial charge in [0.2, 0.25) is 0 Å². The molecular weight excluding hydrogens is 246 g/mol. The van der Waals surface area contributed by atoms with E-state index in [1.165, 1.54) is 20.8 Å². The van der Waals surface area contributed by atoms with Gasteiger partial charge in [0.15, 0.2) is 10.3 Å². The normalized spacial score (nSPS) is 24.9. The minimum Gasteiger partial charge on any atom is -0.479 e. The molecule has 98 valence electrons. The molecule has 0 aliphatic carbocycles. The summed E-state index contributed by atoms with van der Waals surface area (Å²) in [5, 5.41) is 9.16. The van der Waals surface area contributed by atoms with E-state index in [1.54, 1.807) is 6.92 Å². The van der Waals surface area contributed by atoms with Crippen LogP contribution in [0.4, 0.5) is 0 Å². The number of amides is 1. The van der Waals surface area contributed by atoms with Crippen molar-refractivity contribution < 1.29 is 23.1 Å². The standard InChI is InChI=1S/C10H17NO5S/c1-5-6-10(4,8(13)14)11-7(12)9(2,3)17(11,15)16/h5-6H2,1-4H3,(H,13,14). The van der Waals surface area contributed by atoms with E-state index in [0.29, 0.717) is 10.7 Å². The maximum absolute atomic E-state index is 11.9. The van der Waals surface area contributed by atoms with Crippen molar-refractivity contribution in [3.05, 3.63) is 0 Å². The summed E-state index contributed by atoms with van der Waals surface area (Å²) < 4.78 is 22.9. The minimum absolute atomic E-state index is 0.101. The predicted octanol–water partition coefficient (Wildman–Crippen LogP) is 0.580. The fraction of sp³-hybridized carbons (Fsp3) is 0.800. The molecule has 1 amide bonds. The van der Waals surface area contributed by atoms with Gasteiger partial charge in [-0.2, -0.15) is 0 Å². The van der Waals surface area contributed by atoms with Gasteiger partial charge in [0.05, 0.1) is 0 Å². The largest absolute Gasteiger partial charge is 0.479 e. The molecular formula is C10H17NO5S. The fourth-order valence-electron chi connectivity index (χ4n) is 1.92. The van der Waals surface area contributed by atoms with Gasteiger partial charge in [-0.15, -0.1) is 0 Å². The number of carboxylic acid groups (broad SMARTS) is 1. The number of aliphatic carboxylic acids is 1. The number of carboxylic acids is 1. The Morgan fingerprint density at radius 3 is 2.24 bits per heavy atom. The zero-order chi connectivity index (χ0) is 13.6. The second-order valence-electron chi connectivity index (χ2n) is 4.91. The van der Waals surface area contributed by atoms with Gasteiger partial charge in [-0.25, -0.2) is 17.5 Å². The van der Waals surface area contributed by atoms with Crippen LogP contribution in [0.15, 0.2) is 0 Å². The average Bonchev–Trinajstić information content (AvgIpc) is 2.17. The van der Waals surface area contributed by atoms with Crippen LogP contribution in [-0.2, 0) is 19.6 Å². The molecule has 1 rings (SSSR count). The molecule has 0 aromatic heterocycles. The number of nitrogens with zero attached hydrogens (tertiary/aromatic N) is 1. The highest BCUT2D eigenvalue weighted by Crippen LogP contribution is 2.42. The number of hydrogen-bond acceptors (Lipinski definition) is 4. The Morgan fingerprint density at radius 2 is 1.94 bits per heavy atom. The first-order chi connectivity index (χ1) is 7.53. The van der Waals surface area contributed by atoms with Crippen molar-refractivity contribution in [1.82, 2.24) is 4.31 Å². The van der Waals surface area contributed by atoms with Crippen LogP contribution in [0.3, 0.4) is 0 Å². The molecule has 1 N–H and O–H groups in total. The molecule has 1 aliphatic rings. The van der Waals surface area contributed by atoms with Crippen molar-refractivity contribution in [2.24, 2.45) is 0 Å². The number of carbonyl (C=O) groups is 2. The van der Waals surface area contributed by atoms with Gasteiger partial charge in [0.1, 0.15) is 0 Å². The smallest absolute Gasteiger partial charge is 0.330 e. The van der Waals surface area contributed by atoms with E-state index in [9.17, 15) is 18.0 Å². The summed E-state index contributed by atoms with van der Waals surface area (Å²) in [6.07, 6.45) is 0.575. The van der Waals surface area contributed by atoms with E-state index in [0.717, 1.165) is 0 Å². The molecule has 7 heteroatoms. The Balaban J connectivity index is 3.27. The van der Waals surface area contributed by atoms with Crippen LogP contribution in [0.2, 0.25) is 0 Å². The van der Waals surface area contributed by atoms with Crippen LogP contribution >= 0.6 is 0 Å². The zero-order valence-corrected chi connectivity index (χ0v) is 11.2. The molecule has 0 spiro atoms. The summed E-state index contributed by atoms with van der Waals surface area (Å²) in [5.74, 6) is -1.96. The van der Waals surface area contributed by atoms with E-state index < -0.39 is 32.2 Å². The highest BCUT2D eigenvalue weighted by molar-refractivity contribution is 7.94. The Morgan fingerprint density at radius 1 is 1.47 bits per heavy atom. The van der Waals surface area contributed by atoms with Gasteiger partial charge in [0, 0.05) is 0 Å². The van der Waals surface area contributed by atoms with Gasteiger partial charge in [-0.05, 0) is 27.2 Å². The molecule has 1 heterocycles. The monoisotopic (exact) mass is 263 g/mol. The molecule has 6 nitrogen and oxygen atoms in total. The first-order valence-corrected chi connectivity index (χ1v) is 6.80. The molecule has 0 aromatic carbocycles. The van der Waals surface area contributed by atoms with Crippen LogP contribution in [0.25, 0.3) is 0 Å². The summed E-state index contributed by atoms with van der Waals surface area (Å²) in [5.41, 5.74) is -1.68. The van der Waals surface area contributed by atoms with E-state index in [2.05, 4.69) is 0 Å². The van der Waals surface area contributed by atoms with Crippen LogP contribution in [0, 0.1) is 0 Å². The zero-order valence-electron chi connectivity index (χ0n) is 10.3. The average molecular weight is 263 g/mol. The number of rotatable bonds is 4. The van der Waals surface area contributed by atoms with E-state index in [-0.39, 0.29) is 6.42 Å². The molecule has 1 unspecified atom stereocenters. The Bertz CT molecular complexity index is 467. The summed E-state index contributed by atoms with van der Waals surface area (Å²) in [4.78, 5) is 23.0. The van der Waals surface area contributed by atoms with Crippen LogP contribution in [0.1, 0.15) is 40.5 Å². The Hall–Kier alpha value is -1.11. The maximum Gasteiger partial charge on any atom is 0.330 e. The maximum atomic E-state index is 11.9.